The van der Waals surface area contributed by atoms with Crippen molar-refractivity contribution in [1.29, 1.82) is 0 Å². The number of rotatable bonds is 2. The number of nitrogens with one attached hydrogen (secondary N) is 3. The molecule has 2 aliphatic rings. The van der Waals surface area contributed by atoms with Gasteiger partial charge in [0.15, 0.2) is 0 Å². The minimum Gasteiger partial charge on any atom is -0.370 e. The van der Waals surface area contributed by atoms with E-state index in [1.165, 1.54) is 17.5 Å². The van der Waals surface area contributed by atoms with E-state index in [1.54, 1.807) is 0 Å². The lowest BCUT2D eigenvalue weighted by Gasteiger charge is -2.25. The predicted octanol–water partition coefficient (Wildman–Crippen LogP) is 1.01. The Hall–Kier alpha value is -1.39. The lowest BCUT2D eigenvalue weighted by atomic mass is 10.1. The van der Waals surface area contributed by atoms with Gasteiger partial charge in [-0.1, -0.05) is 24.3 Å². The highest BCUT2D eigenvalue weighted by Crippen LogP contribution is 2.14. The number of hydrogen-bond acceptors (Lipinski definition) is 4. The first kappa shape index (κ1) is 11.7. The molecule has 96 valence electrons. The average Bonchev–Trinajstić information content (AvgIpc) is 2.49. The van der Waals surface area contributed by atoms with Crippen LogP contribution in [0.1, 0.15) is 30.1 Å². The van der Waals surface area contributed by atoms with Crippen molar-refractivity contribution in [2.45, 2.75) is 19.0 Å². The third-order valence-corrected chi connectivity index (χ3v) is 3.47. The molecule has 3 N–H and O–H groups in total. The summed E-state index contributed by atoms with van der Waals surface area (Å²) in [5, 5.41) is 10.3. The fraction of sp³-hybridized carbons (Fsp3) is 0.500. The Morgan fingerprint density at radius 3 is 2.39 bits per heavy atom. The smallest absolute Gasteiger partial charge is 0.128 e. The Kier molecular flexibility index (Phi) is 3.57. The van der Waals surface area contributed by atoms with E-state index >= 15 is 0 Å². The molecule has 0 bridgehead atoms. The van der Waals surface area contributed by atoms with Crippen LogP contribution in [-0.2, 0) is 0 Å². The summed E-state index contributed by atoms with van der Waals surface area (Å²) in [6.45, 7) is 4.16. The first-order valence-corrected chi connectivity index (χ1v) is 6.79. The first-order valence-electron chi connectivity index (χ1n) is 6.79. The molecule has 0 saturated carbocycles. The minimum atomic E-state index is 0.300. The van der Waals surface area contributed by atoms with Crippen molar-refractivity contribution < 1.29 is 0 Å². The van der Waals surface area contributed by atoms with Gasteiger partial charge in [-0.25, -0.2) is 0 Å². The van der Waals surface area contributed by atoms with Crippen LogP contribution in [0.5, 0.6) is 0 Å². The van der Waals surface area contributed by atoms with Gasteiger partial charge in [0.2, 0.25) is 0 Å². The van der Waals surface area contributed by atoms with Gasteiger partial charge in [0.1, 0.15) is 5.84 Å². The summed E-state index contributed by atoms with van der Waals surface area (Å²) in [5.74, 6) is 1.04. The molecule has 3 rings (SSSR count). The summed E-state index contributed by atoms with van der Waals surface area (Å²) >= 11 is 0. The molecule has 1 aromatic carbocycles. The second kappa shape index (κ2) is 5.50. The van der Waals surface area contributed by atoms with Crippen LogP contribution in [-0.4, -0.2) is 32.0 Å². The van der Waals surface area contributed by atoms with Gasteiger partial charge in [-0.15, -0.1) is 0 Å². The average molecular weight is 244 g/mol. The van der Waals surface area contributed by atoms with Crippen LogP contribution in [0.4, 0.5) is 0 Å². The number of benzene rings is 1. The van der Waals surface area contributed by atoms with Crippen LogP contribution in [0, 0.1) is 0 Å². The normalized spacial score (nSPS) is 21.2. The fourth-order valence-corrected chi connectivity index (χ4v) is 2.45. The van der Waals surface area contributed by atoms with E-state index in [-0.39, 0.29) is 0 Å². The molecule has 0 unspecified atom stereocenters. The zero-order valence-electron chi connectivity index (χ0n) is 10.6. The van der Waals surface area contributed by atoms with E-state index in [4.69, 9.17) is 0 Å². The number of hydrogen-bond donors (Lipinski definition) is 3. The summed E-state index contributed by atoms with van der Waals surface area (Å²) < 4.78 is 0. The second-order valence-electron chi connectivity index (χ2n) is 4.83. The molecule has 0 spiro atoms. The predicted molar refractivity (Wildman–Crippen MR) is 73.8 cm³/mol. The number of nitrogens with zero attached hydrogens (tertiary/aromatic N) is 1. The lowest BCUT2D eigenvalue weighted by molar-refractivity contribution is 0.380. The highest BCUT2D eigenvalue weighted by Gasteiger charge is 2.14. The van der Waals surface area contributed by atoms with E-state index in [9.17, 15) is 0 Å². The van der Waals surface area contributed by atoms with Crippen molar-refractivity contribution in [3.63, 3.8) is 0 Å². The molecular formula is C14H20N4. The Bertz CT molecular complexity index is 418. The molecule has 18 heavy (non-hydrogen) atoms. The van der Waals surface area contributed by atoms with Crippen molar-refractivity contribution >= 4 is 5.84 Å². The monoisotopic (exact) mass is 244 g/mol. The molecule has 1 aromatic rings. The lowest BCUT2D eigenvalue weighted by Crippen LogP contribution is -2.41. The van der Waals surface area contributed by atoms with Gasteiger partial charge >= 0.3 is 0 Å². The minimum absolute atomic E-state index is 0.300. The van der Waals surface area contributed by atoms with Crippen molar-refractivity contribution in [2.24, 2.45) is 4.99 Å². The largest absolute Gasteiger partial charge is 0.370 e. The van der Waals surface area contributed by atoms with Gasteiger partial charge < -0.3 is 5.32 Å². The molecule has 0 aliphatic carbocycles. The van der Waals surface area contributed by atoms with Crippen LogP contribution >= 0.6 is 0 Å². The van der Waals surface area contributed by atoms with Crippen molar-refractivity contribution in [3.05, 3.63) is 35.4 Å². The summed E-state index contributed by atoms with van der Waals surface area (Å²) in [6, 6.07) is 8.68. The van der Waals surface area contributed by atoms with Crippen LogP contribution in [0.25, 0.3) is 0 Å². The van der Waals surface area contributed by atoms with Crippen molar-refractivity contribution in [1.82, 2.24) is 16.0 Å². The fourth-order valence-electron chi connectivity index (χ4n) is 2.45. The molecule has 1 saturated heterocycles. The van der Waals surface area contributed by atoms with Gasteiger partial charge in [-0.05, 0) is 31.5 Å². The Labute approximate surface area is 108 Å². The van der Waals surface area contributed by atoms with Gasteiger partial charge in [-0.3, -0.25) is 15.6 Å². The maximum Gasteiger partial charge on any atom is 0.128 e. The van der Waals surface area contributed by atoms with E-state index in [2.05, 4.69) is 45.2 Å². The van der Waals surface area contributed by atoms with Gasteiger partial charge in [-0.2, -0.15) is 0 Å². The topological polar surface area (TPSA) is 48.5 Å². The van der Waals surface area contributed by atoms with E-state index in [0.717, 1.165) is 38.4 Å². The van der Waals surface area contributed by atoms with Crippen LogP contribution < -0.4 is 16.0 Å². The molecule has 4 nitrogen and oxygen atoms in total. The molecule has 0 radical (unpaired) electrons. The molecule has 0 atom stereocenters. The van der Waals surface area contributed by atoms with Gasteiger partial charge in [0, 0.05) is 18.7 Å². The van der Waals surface area contributed by atoms with Gasteiger partial charge in [0.25, 0.3) is 0 Å². The van der Waals surface area contributed by atoms with E-state index in [1.807, 2.05) is 0 Å². The molecule has 1 fully saturated rings. The maximum absolute atomic E-state index is 4.52. The van der Waals surface area contributed by atoms with Crippen molar-refractivity contribution in [2.75, 3.05) is 26.2 Å². The second-order valence-corrected chi connectivity index (χ2v) is 4.83. The number of aliphatic imine (C=N–C) groups is 1. The molecule has 4 heteroatoms. The molecule has 0 aromatic heterocycles. The highest BCUT2D eigenvalue weighted by molar-refractivity contribution is 5.99. The first-order chi connectivity index (χ1) is 8.93. The summed E-state index contributed by atoms with van der Waals surface area (Å²) in [5.41, 5.74) is 2.49. The van der Waals surface area contributed by atoms with Crippen LogP contribution in [0.2, 0.25) is 0 Å². The molecule has 2 heterocycles. The number of amidine groups is 1. The Morgan fingerprint density at radius 1 is 0.944 bits per heavy atom. The Balaban J connectivity index is 1.73. The highest BCUT2D eigenvalue weighted by atomic mass is 15.1. The standard InChI is InChI=1S/C14H20N4/c1-7-15-13(16-8-1)11-3-5-12(6-4-11)14-17-9-2-10-18-14/h3-6,13,15-16H,1-2,7-10H2,(H,17,18). The third-order valence-electron chi connectivity index (χ3n) is 3.47. The quantitative estimate of drug-likeness (QED) is 0.727. The SMILES string of the molecule is c1cc(C2NCCCN2)ccc1C1=NCCCN1. The van der Waals surface area contributed by atoms with E-state index < -0.39 is 0 Å². The summed E-state index contributed by atoms with van der Waals surface area (Å²) in [4.78, 5) is 4.52. The van der Waals surface area contributed by atoms with Crippen molar-refractivity contribution in [3.8, 4) is 0 Å². The van der Waals surface area contributed by atoms with Crippen LogP contribution in [0.3, 0.4) is 0 Å². The molecular weight excluding hydrogens is 224 g/mol. The third kappa shape index (κ3) is 2.54. The van der Waals surface area contributed by atoms with Gasteiger partial charge in [0.05, 0.1) is 6.17 Å². The molecule has 2 aliphatic heterocycles. The van der Waals surface area contributed by atoms with Crippen LogP contribution in [0.15, 0.2) is 29.3 Å². The maximum atomic E-state index is 4.52. The zero-order valence-corrected chi connectivity index (χ0v) is 10.6. The van der Waals surface area contributed by atoms with E-state index in [0.29, 0.717) is 6.17 Å². The Morgan fingerprint density at radius 2 is 1.72 bits per heavy atom. The zero-order chi connectivity index (χ0) is 12.2. The summed E-state index contributed by atoms with van der Waals surface area (Å²) in [7, 11) is 0. The summed E-state index contributed by atoms with van der Waals surface area (Å²) in [6.07, 6.45) is 2.64. The molecule has 0 amide bonds.